The highest BCUT2D eigenvalue weighted by Gasteiger charge is 2.78. The Labute approximate surface area is 438 Å². The summed E-state index contributed by atoms with van der Waals surface area (Å²) in [4.78, 5) is 125. The molecule has 12 atom stereocenters. The fourth-order valence-corrected chi connectivity index (χ4v) is 11.4. The standard InChI is InChI=1S/C56H64N2O18/c1-29(2)42(57-39(62)24-25-40(63)64)51(68)74-45(43(33-18-12-9-13-19-33)58-49(66)34-20-14-10-15-21-34)52(69)73-36-27-56(70)48(75-50(67)35-22-16-11-17-23-35)46-54(8,37(61)26-38-55(46,28-71-38)76-32(5)60)47(65)44(72-31(4)59)41(30(36)3)53(56,6)7/h9-23,29,36-38,42-46,48,61,70H,24-28H2,1-8H3,(H,57,62)(H,58,66)(H,63,64)/t36-,37-,38+,42-,43-,44+,45+,46-,48-,54+,55-,56+/m0/s1. The molecule has 0 unspecified atom stereocenters. The molecule has 2 amide bonds. The summed E-state index contributed by atoms with van der Waals surface area (Å²) in [7, 11) is 0. The van der Waals surface area contributed by atoms with Crippen molar-refractivity contribution in [2.45, 2.75) is 141 Å². The van der Waals surface area contributed by atoms with E-state index in [0.717, 1.165) is 13.8 Å². The highest BCUT2D eigenvalue weighted by Crippen LogP contribution is 2.64. The van der Waals surface area contributed by atoms with Gasteiger partial charge >= 0.3 is 35.8 Å². The van der Waals surface area contributed by atoms with Crippen LogP contribution in [0.4, 0.5) is 0 Å². The van der Waals surface area contributed by atoms with Gasteiger partial charge in [-0.15, -0.1) is 0 Å². The maximum Gasteiger partial charge on any atom is 0.350 e. The minimum Gasteiger partial charge on any atom is -0.481 e. The van der Waals surface area contributed by atoms with Gasteiger partial charge in [0.05, 0.1) is 36.0 Å². The van der Waals surface area contributed by atoms with Gasteiger partial charge in [0.25, 0.3) is 5.91 Å². The Morgan fingerprint density at radius 3 is 1.91 bits per heavy atom. The van der Waals surface area contributed by atoms with Crippen molar-refractivity contribution in [3.8, 4) is 0 Å². The van der Waals surface area contributed by atoms with Crippen molar-refractivity contribution in [3.05, 3.63) is 119 Å². The predicted octanol–water partition coefficient (Wildman–Crippen LogP) is 4.29. The quantitative estimate of drug-likeness (QED) is 0.0716. The van der Waals surface area contributed by atoms with E-state index in [1.54, 1.807) is 80.6 Å². The molecule has 406 valence electrons. The first-order chi connectivity index (χ1) is 35.8. The molecule has 5 N–H and O–H groups in total. The number of Topliss-reactive ketones (excluding diaryl/α,β-unsaturated/α-hetero) is 1. The van der Waals surface area contributed by atoms with Crippen LogP contribution in [0, 0.1) is 22.7 Å². The fourth-order valence-electron chi connectivity index (χ4n) is 11.4. The first-order valence-corrected chi connectivity index (χ1v) is 25.0. The number of benzene rings is 3. The van der Waals surface area contributed by atoms with Crippen LogP contribution in [0.25, 0.3) is 0 Å². The van der Waals surface area contributed by atoms with Gasteiger partial charge in [0.15, 0.2) is 17.5 Å². The molecule has 3 aliphatic carbocycles. The Kier molecular flexibility index (Phi) is 16.4. The van der Waals surface area contributed by atoms with Crippen LogP contribution in [0.2, 0.25) is 0 Å². The molecule has 0 spiro atoms. The zero-order chi connectivity index (χ0) is 55.7. The molecule has 3 aromatic rings. The zero-order valence-corrected chi connectivity index (χ0v) is 43.4. The minimum atomic E-state index is -2.54. The first-order valence-electron chi connectivity index (χ1n) is 25.0. The lowest BCUT2D eigenvalue weighted by atomic mass is 9.44. The van der Waals surface area contributed by atoms with Crippen LogP contribution in [0.15, 0.2) is 102 Å². The van der Waals surface area contributed by atoms with Crippen LogP contribution in [0.1, 0.15) is 113 Å². The van der Waals surface area contributed by atoms with Gasteiger partial charge in [-0.25, -0.2) is 14.4 Å². The van der Waals surface area contributed by atoms with Crippen molar-refractivity contribution >= 4 is 53.4 Å². The van der Waals surface area contributed by atoms with Crippen LogP contribution in [-0.4, -0.2) is 129 Å². The molecule has 20 heteroatoms. The van der Waals surface area contributed by atoms with Gasteiger partial charge in [-0.3, -0.25) is 28.8 Å². The summed E-state index contributed by atoms with van der Waals surface area (Å²) in [6, 6.07) is 20.5. The molecular weight excluding hydrogens is 989 g/mol. The number of esters is 5. The number of carbonyl (C=O) groups excluding carboxylic acids is 8. The van der Waals surface area contributed by atoms with E-state index in [1.807, 2.05) is 0 Å². The maximum atomic E-state index is 15.8. The van der Waals surface area contributed by atoms with Gasteiger partial charge in [0, 0.05) is 44.1 Å². The van der Waals surface area contributed by atoms with E-state index in [2.05, 4.69) is 10.6 Å². The molecule has 2 bridgehead atoms. The van der Waals surface area contributed by atoms with Crippen LogP contribution in [-0.2, 0) is 62.0 Å². The summed E-state index contributed by atoms with van der Waals surface area (Å²) in [5.74, 6) is -11.4. The normalized spacial score (nSPS) is 28.4. The summed E-state index contributed by atoms with van der Waals surface area (Å²) in [5.41, 5.74) is -8.01. The third-order valence-corrected chi connectivity index (χ3v) is 15.5. The van der Waals surface area contributed by atoms with E-state index in [1.165, 1.54) is 52.0 Å². The van der Waals surface area contributed by atoms with E-state index in [0.29, 0.717) is 0 Å². The number of aliphatic hydroxyl groups is 2. The van der Waals surface area contributed by atoms with Crippen molar-refractivity contribution in [2.75, 3.05) is 6.61 Å². The smallest absolute Gasteiger partial charge is 0.350 e. The van der Waals surface area contributed by atoms with Crippen LogP contribution >= 0.6 is 0 Å². The Bertz CT molecular complexity index is 2780. The Morgan fingerprint density at radius 2 is 1.37 bits per heavy atom. The van der Waals surface area contributed by atoms with E-state index < -0.39 is 155 Å². The highest BCUT2D eigenvalue weighted by atomic mass is 16.6. The van der Waals surface area contributed by atoms with Crippen LogP contribution in [0.5, 0.6) is 0 Å². The Hall–Kier alpha value is -7.29. The molecule has 3 aromatic carbocycles. The zero-order valence-electron chi connectivity index (χ0n) is 43.4. The molecule has 4 aliphatic rings. The fraction of sp³-hybridized carbons (Fsp3) is 0.482. The number of fused-ring (bicyclic) bond motifs is 5. The number of ketones is 1. The van der Waals surface area contributed by atoms with Gasteiger partial charge in [-0.1, -0.05) is 94.4 Å². The summed E-state index contributed by atoms with van der Waals surface area (Å²) in [6.45, 7) is 10.8. The van der Waals surface area contributed by atoms with Gasteiger partial charge in [-0.05, 0) is 60.7 Å². The number of hydrogen-bond acceptors (Lipinski definition) is 17. The van der Waals surface area contributed by atoms with Crippen molar-refractivity contribution in [3.63, 3.8) is 0 Å². The lowest BCUT2D eigenvalue weighted by molar-refractivity contribution is -0.346. The molecular formula is C56H64N2O18. The second-order valence-electron chi connectivity index (χ2n) is 20.9. The number of nitrogens with one attached hydrogen (secondary N) is 2. The molecule has 7 rings (SSSR count). The van der Waals surface area contributed by atoms with E-state index >= 15 is 9.59 Å². The number of aliphatic hydroxyl groups excluding tert-OH is 1. The Morgan fingerprint density at radius 1 is 0.776 bits per heavy atom. The van der Waals surface area contributed by atoms with Gasteiger partial charge in [0.1, 0.15) is 36.0 Å². The summed E-state index contributed by atoms with van der Waals surface area (Å²) in [5, 5.41) is 40.8. The first kappa shape index (κ1) is 56.4. The summed E-state index contributed by atoms with van der Waals surface area (Å²) in [6.07, 6.45) is -12.4. The highest BCUT2D eigenvalue weighted by molar-refractivity contribution is 5.97. The summed E-state index contributed by atoms with van der Waals surface area (Å²) >= 11 is 0. The molecule has 20 nitrogen and oxygen atoms in total. The number of hydrogen-bond donors (Lipinski definition) is 5. The van der Waals surface area contributed by atoms with E-state index in [-0.39, 0.29) is 40.9 Å². The number of carboxylic acid groups (broad SMARTS) is 1. The monoisotopic (exact) mass is 1050 g/mol. The molecule has 3 fully saturated rings. The predicted molar refractivity (Wildman–Crippen MR) is 265 cm³/mol. The Balaban J connectivity index is 1.42. The van der Waals surface area contributed by atoms with Gasteiger partial charge in [0.2, 0.25) is 12.0 Å². The molecule has 1 heterocycles. The van der Waals surface area contributed by atoms with Crippen molar-refractivity contribution in [1.29, 1.82) is 0 Å². The number of carbonyl (C=O) groups is 9. The molecule has 1 saturated heterocycles. The topological polar surface area (TPSA) is 294 Å². The minimum absolute atomic E-state index is 0.00811. The summed E-state index contributed by atoms with van der Waals surface area (Å²) < 4.78 is 36.9. The third-order valence-electron chi connectivity index (χ3n) is 15.5. The second kappa shape index (κ2) is 22.1. The molecule has 76 heavy (non-hydrogen) atoms. The number of rotatable bonds is 17. The van der Waals surface area contributed by atoms with E-state index in [9.17, 15) is 48.9 Å². The molecule has 0 aromatic heterocycles. The van der Waals surface area contributed by atoms with Crippen molar-refractivity contribution in [2.24, 2.45) is 22.7 Å². The third kappa shape index (κ3) is 10.6. The van der Waals surface area contributed by atoms with Gasteiger partial charge in [-0.2, -0.15) is 0 Å². The largest absolute Gasteiger partial charge is 0.481 e. The van der Waals surface area contributed by atoms with Crippen molar-refractivity contribution in [1.82, 2.24) is 10.6 Å². The van der Waals surface area contributed by atoms with Crippen LogP contribution < -0.4 is 10.6 Å². The second-order valence-corrected chi connectivity index (χ2v) is 20.9. The average Bonchev–Trinajstić information content (AvgIpc) is 3.38. The number of amides is 2. The maximum absolute atomic E-state index is 15.8. The van der Waals surface area contributed by atoms with Crippen molar-refractivity contribution < 1.29 is 86.9 Å². The molecule has 0 radical (unpaired) electrons. The molecule has 1 aliphatic heterocycles. The van der Waals surface area contributed by atoms with E-state index in [4.69, 9.17) is 28.4 Å². The number of carboxylic acids is 1. The molecule has 2 saturated carbocycles. The number of aliphatic carboxylic acids is 1. The number of ether oxygens (including phenoxy) is 6. The lowest BCUT2D eigenvalue weighted by Crippen LogP contribution is -2.82. The van der Waals surface area contributed by atoms with Gasteiger partial charge < -0.3 is 54.4 Å². The average molecular weight is 1050 g/mol. The van der Waals surface area contributed by atoms with Crippen LogP contribution in [0.3, 0.4) is 0 Å². The SMILES string of the molecule is CC(=O)O[C@H]1C(=O)[C@@]2(C)[C@H]([C@H](OC(=O)c3ccccc3)[C@]3(O)C[C@H](OC(=O)[C@H](OC(=O)[C@@H](NC(=O)CCC(=O)O)C(C)C)[C@@H](NC(=O)c4ccccc4)c4ccccc4)C(C)=C1C3(C)C)[C@]1(OC(C)=O)CO[C@@H]1C[C@@H]2O. The lowest BCUT2D eigenvalue weighted by Gasteiger charge is -2.67.